The number of rotatable bonds is 2. The van der Waals surface area contributed by atoms with Crippen LogP contribution in [-0.4, -0.2) is 26.9 Å². The molecule has 5 heteroatoms. The Morgan fingerprint density at radius 3 is 2.43 bits per heavy atom. The van der Waals surface area contributed by atoms with Gasteiger partial charge in [-0.2, -0.15) is 13.6 Å². The van der Waals surface area contributed by atoms with Gasteiger partial charge in [0.15, 0.2) is 0 Å². The minimum Gasteiger partial charge on any atom is -0.283 e. The quantitative estimate of drug-likeness (QED) is 0.392. The number of hydroxylamine groups is 2. The summed E-state index contributed by atoms with van der Waals surface area (Å²) in [5.41, 5.74) is 0. The summed E-state index contributed by atoms with van der Waals surface area (Å²) in [6.07, 6.45) is 0. The summed E-state index contributed by atoms with van der Waals surface area (Å²) in [5.74, 6) is 0. The van der Waals surface area contributed by atoms with E-state index in [4.69, 9.17) is 4.55 Å². The van der Waals surface area contributed by atoms with Crippen molar-refractivity contribution >= 4 is 11.4 Å². The summed E-state index contributed by atoms with van der Waals surface area (Å²) >= 11 is -2.11. The van der Waals surface area contributed by atoms with Crippen molar-refractivity contribution in [2.24, 2.45) is 0 Å². The van der Waals surface area contributed by atoms with Gasteiger partial charge < -0.3 is 0 Å². The molecule has 0 aromatic rings. The Kier molecular flexibility index (Phi) is 1.38. The fourth-order valence-corrected chi connectivity index (χ4v) is 0.535. The van der Waals surface area contributed by atoms with Gasteiger partial charge in [-0.25, -0.2) is 0 Å². The maximum absolute atomic E-state index is 9.70. The highest BCUT2D eigenvalue weighted by molar-refractivity contribution is 7.74. The van der Waals surface area contributed by atoms with Gasteiger partial charge in [-0.05, 0) is 0 Å². The van der Waals surface area contributed by atoms with Crippen molar-refractivity contribution in [3.63, 3.8) is 0 Å². The van der Waals surface area contributed by atoms with Crippen LogP contribution in [0.5, 0.6) is 0 Å². The molecule has 0 spiro atoms. The van der Waals surface area contributed by atoms with E-state index >= 15 is 0 Å². The lowest BCUT2D eigenvalue weighted by Gasteiger charge is -1.90. The van der Waals surface area contributed by atoms with Gasteiger partial charge in [0.2, 0.25) is 0 Å². The molecule has 1 rings (SSSR count). The monoisotopic (exact) mass is 123 g/mol. The highest BCUT2D eigenvalue weighted by Crippen LogP contribution is 2.03. The third kappa shape index (κ3) is 1.98. The molecule has 1 aliphatic rings. The first-order valence-corrected chi connectivity index (χ1v) is 2.86. The molecule has 1 fully saturated rings. The van der Waals surface area contributed by atoms with Gasteiger partial charge in [-0.15, -0.1) is 0 Å². The second-order valence-electron chi connectivity index (χ2n) is 1.22. The fraction of sp³-hybridized carbons (Fsp3) is 1.00. The first-order chi connectivity index (χ1) is 3.29. The topological polar surface area (TPSA) is 49.5 Å². The Hall–Kier alpha value is 0.0300. The van der Waals surface area contributed by atoms with E-state index in [9.17, 15) is 4.21 Å². The van der Waals surface area contributed by atoms with Crippen LogP contribution in [0.25, 0.3) is 0 Å². The molecule has 4 nitrogen and oxygen atoms in total. The Labute approximate surface area is 43.5 Å². The SMILES string of the molecule is O=S(O)ON1CC1. The van der Waals surface area contributed by atoms with Crippen LogP contribution in [0.1, 0.15) is 0 Å². The molecule has 0 saturated carbocycles. The van der Waals surface area contributed by atoms with E-state index in [2.05, 4.69) is 4.28 Å². The smallest absolute Gasteiger partial charge is 0.283 e. The van der Waals surface area contributed by atoms with Crippen LogP contribution in [0.2, 0.25) is 0 Å². The van der Waals surface area contributed by atoms with Crippen molar-refractivity contribution in [2.45, 2.75) is 0 Å². The molecule has 0 aromatic heterocycles. The Balaban J connectivity index is 2.08. The van der Waals surface area contributed by atoms with Crippen LogP contribution < -0.4 is 0 Å². The average molecular weight is 123 g/mol. The first kappa shape index (κ1) is 5.17. The summed E-state index contributed by atoms with van der Waals surface area (Å²) in [7, 11) is 0. The van der Waals surface area contributed by atoms with Crippen LogP contribution >= 0.6 is 0 Å². The second kappa shape index (κ2) is 1.87. The maximum Gasteiger partial charge on any atom is 0.319 e. The summed E-state index contributed by atoms with van der Waals surface area (Å²) < 4.78 is 21.9. The van der Waals surface area contributed by atoms with E-state index in [1.807, 2.05) is 0 Å². The van der Waals surface area contributed by atoms with Crippen LogP contribution in [0.15, 0.2) is 0 Å². The van der Waals surface area contributed by atoms with Crippen molar-refractivity contribution in [3.05, 3.63) is 0 Å². The van der Waals surface area contributed by atoms with Gasteiger partial charge in [0, 0.05) is 13.1 Å². The zero-order valence-corrected chi connectivity index (χ0v) is 4.35. The highest BCUT2D eigenvalue weighted by atomic mass is 32.2. The molecule has 1 saturated heterocycles. The molecular formula is C2H5NO3S. The molecule has 0 radical (unpaired) electrons. The molecule has 0 aromatic carbocycles. The number of nitrogens with zero attached hydrogens (tertiary/aromatic N) is 1. The van der Waals surface area contributed by atoms with Crippen molar-refractivity contribution in [1.82, 2.24) is 5.06 Å². The number of hydrogen-bond acceptors (Lipinski definition) is 3. The molecule has 1 heterocycles. The van der Waals surface area contributed by atoms with Gasteiger partial charge in [0.1, 0.15) is 0 Å². The van der Waals surface area contributed by atoms with Crippen molar-refractivity contribution < 1.29 is 13.0 Å². The van der Waals surface area contributed by atoms with Crippen molar-refractivity contribution in [3.8, 4) is 0 Å². The van der Waals surface area contributed by atoms with E-state index in [-0.39, 0.29) is 0 Å². The van der Waals surface area contributed by atoms with Gasteiger partial charge in [0.05, 0.1) is 0 Å². The summed E-state index contributed by atoms with van der Waals surface area (Å²) in [5, 5.41) is 1.40. The average Bonchev–Trinajstić information content (AvgIpc) is 2.17. The minimum absolute atomic E-state index is 0.770. The van der Waals surface area contributed by atoms with Crippen LogP contribution in [-0.2, 0) is 15.6 Å². The minimum atomic E-state index is -2.11. The third-order valence-electron chi connectivity index (χ3n) is 0.575. The molecule has 1 atom stereocenters. The zero-order chi connectivity index (χ0) is 5.28. The van der Waals surface area contributed by atoms with Gasteiger partial charge in [-0.3, -0.25) is 4.55 Å². The molecule has 7 heavy (non-hydrogen) atoms. The Morgan fingerprint density at radius 1 is 1.71 bits per heavy atom. The second-order valence-corrected chi connectivity index (χ2v) is 1.80. The molecule has 1 unspecified atom stereocenters. The highest BCUT2D eigenvalue weighted by Gasteiger charge is 2.20. The zero-order valence-electron chi connectivity index (χ0n) is 3.53. The maximum atomic E-state index is 9.70. The normalized spacial score (nSPS) is 24.7. The van der Waals surface area contributed by atoms with Crippen LogP contribution in [0.4, 0.5) is 0 Å². The summed E-state index contributed by atoms with van der Waals surface area (Å²) in [6, 6.07) is 0. The largest absolute Gasteiger partial charge is 0.319 e. The summed E-state index contributed by atoms with van der Waals surface area (Å²) in [6.45, 7) is 1.54. The molecule has 1 aliphatic heterocycles. The van der Waals surface area contributed by atoms with Gasteiger partial charge >= 0.3 is 11.4 Å². The third-order valence-corrected chi connectivity index (χ3v) is 0.914. The van der Waals surface area contributed by atoms with E-state index in [1.54, 1.807) is 0 Å². The molecule has 0 amide bonds. The predicted molar refractivity (Wildman–Crippen MR) is 23.4 cm³/mol. The number of hydrogen-bond donors (Lipinski definition) is 1. The lowest BCUT2D eigenvalue weighted by Crippen LogP contribution is -2.00. The fourth-order valence-electron chi connectivity index (χ4n) is 0.206. The van der Waals surface area contributed by atoms with E-state index in [1.165, 1.54) is 5.06 Å². The van der Waals surface area contributed by atoms with Crippen molar-refractivity contribution in [1.29, 1.82) is 0 Å². The van der Waals surface area contributed by atoms with Crippen molar-refractivity contribution in [2.75, 3.05) is 13.1 Å². The molecule has 42 valence electrons. The predicted octanol–water partition coefficient (Wildman–Crippen LogP) is -0.630. The first-order valence-electron chi connectivity index (χ1n) is 1.83. The summed E-state index contributed by atoms with van der Waals surface area (Å²) in [4.78, 5) is 0. The van der Waals surface area contributed by atoms with Gasteiger partial charge in [0.25, 0.3) is 0 Å². The van der Waals surface area contributed by atoms with Gasteiger partial charge in [-0.1, -0.05) is 0 Å². The molecule has 0 bridgehead atoms. The lowest BCUT2D eigenvalue weighted by molar-refractivity contribution is 0.0757. The van der Waals surface area contributed by atoms with E-state index in [0.29, 0.717) is 0 Å². The Morgan fingerprint density at radius 2 is 2.29 bits per heavy atom. The van der Waals surface area contributed by atoms with Crippen LogP contribution in [0.3, 0.4) is 0 Å². The standard InChI is InChI=1S/C2H5NO3S/c4-7(5)6-3-1-2-3/h1-2H2,(H,4,5). The van der Waals surface area contributed by atoms with E-state index in [0.717, 1.165) is 13.1 Å². The molecule has 1 N–H and O–H groups in total. The van der Waals surface area contributed by atoms with E-state index < -0.39 is 11.4 Å². The lowest BCUT2D eigenvalue weighted by atomic mass is 11.0. The Bertz CT molecular complexity index is 90.9. The molecule has 0 aliphatic carbocycles. The molecular weight excluding hydrogens is 118 g/mol. The van der Waals surface area contributed by atoms with Crippen LogP contribution in [0, 0.1) is 0 Å².